The molecule has 1 nitrogen and oxygen atoms in total. The van der Waals surface area contributed by atoms with Crippen LogP contribution in [-0.4, -0.2) is 12.6 Å². The van der Waals surface area contributed by atoms with Crippen molar-refractivity contribution in [1.82, 2.24) is 5.32 Å². The number of unbranched alkanes of at least 4 members (excludes halogenated alkanes) is 3. The van der Waals surface area contributed by atoms with Crippen molar-refractivity contribution in [3.05, 3.63) is 35.4 Å². The molecule has 0 saturated heterocycles. The third-order valence-corrected chi connectivity index (χ3v) is 4.16. The Bertz CT molecular complexity index is 358. The molecule has 0 heterocycles. The standard InChI is InChI=1S/C17H27N/c1-3-4-5-6-9-14(2)18-13-16-12-15-10-7-8-11-17(15)16/h7-8,10-11,14,16,18H,3-6,9,12-13H2,1-2H3. The van der Waals surface area contributed by atoms with Gasteiger partial charge in [0.05, 0.1) is 0 Å². The highest BCUT2D eigenvalue weighted by atomic mass is 14.9. The molecule has 1 aliphatic carbocycles. The van der Waals surface area contributed by atoms with Crippen LogP contribution in [0.4, 0.5) is 0 Å². The van der Waals surface area contributed by atoms with Gasteiger partial charge in [-0.15, -0.1) is 0 Å². The first-order valence-corrected chi connectivity index (χ1v) is 7.62. The third kappa shape index (κ3) is 3.58. The van der Waals surface area contributed by atoms with Crippen LogP contribution in [-0.2, 0) is 6.42 Å². The van der Waals surface area contributed by atoms with Crippen molar-refractivity contribution in [2.24, 2.45) is 0 Å². The molecule has 0 aliphatic heterocycles. The number of nitrogens with one attached hydrogen (secondary N) is 1. The zero-order chi connectivity index (χ0) is 12.8. The first-order chi connectivity index (χ1) is 8.81. The minimum Gasteiger partial charge on any atom is -0.314 e. The fraction of sp³-hybridized carbons (Fsp3) is 0.647. The summed E-state index contributed by atoms with van der Waals surface area (Å²) >= 11 is 0. The van der Waals surface area contributed by atoms with E-state index in [9.17, 15) is 0 Å². The molecule has 1 aliphatic rings. The molecule has 0 aromatic heterocycles. The van der Waals surface area contributed by atoms with Crippen LogP contribution in [0.3, 0.4) is 0 Å². The Morgan fingerprint density at radius 1 is 1.22 bits per heavy atom. The summed E-state index contributed by atoms with van der Waals surface area (Å²) in [5.41, 5.74) is 3.13. The van der Waals surface area contributed by atoms with Crippen LogP contribution < -0.4 is 5.32 Å². The molecule has 100 valence electrons. The van der Waals surface area contributed by atoms with Gasteiger partial charge in [0.25, 0.3) is 0 Å². The number of rotatable bonds is 8. The molecule has 1 aromatic carbocycles. The average Bonchev–Trinajstić information content (AvgIpc) is 2.36. The summed E-state index contributed by atoms with van der Waals surface area (Å²) < 4.78 is 0. The van der Waals surface area contributed by atoms with Crippen molar-refractivity contribution in [1.29, 1.82) is 0 Å². The summed E-state index contributed by atoms with van der Waals surface area (Å²) in [4.78, 5) is 0. The smallest absolute Gasteiger partial charge is 0.00389 e. The number of benzene rings is 1. The van der Waals surface area contributed by atoms with E-state index in [2.05, 4.69) is 43.4 Å². The zero-order valence-corrected chi connectivity index (χ0v) is 11.9. The van der Waals surface area contributed by atoms with Gasteiger partial charge in [-0.2, -0.15) is 0 Å². The van der Waals surface area contributed by atoms with Crippen molar-refractivity contribution < 1.29 is 0 Å². The van der Waals surface area contributed by atoms with E-state index in [-0.39, 0.29) is 0 Å². The van der Waals surface area contributed by atoms with Crippen molar-refractivity contribution in [2.45, 2.75) is 64.3 Å². The normalized spacial score (nSPS) is 19.1. The molecule has 0 bridgehead atoms. The van der Waals surface area contributed by atoms with Gasteiger partial charge < -0.3 is 5.32 Å². The fourth-order valence-electron chi connectivity index (χ4n) is 2.87. The monoisotopic (exact) mass is 245 g/mol. The molecule has 1 aromatic rings. The Morgan fingerprint density at radius 2 is 2.06 bits per heavy atom. The zero-order valence-electron chi connectivity index (χ0n) is 11.9. The van der Waals surface area contributed by atoms with Crippen LogP contribution in [0.1, 0.15) is 63.0 Å². The van der Waals surface area contributed by atoms with E-state index in [0.717, 1.165) is 12.5 Å². The van der Waals surface area contributed by atoms with E-state index in [1.165, 1.54) is 38.5 Å². The van der Waals surface area contributed by atoms with Gasteiger partial charge in [-0.25, -0.2) is 0 Å². The van der Waals surface area contributed by atoms with Gasteiger partial charge >= 0.3 is 0 Å². The van der Waals surface area contributed by atoms with E-state index < -0.39 is 0 Å². The van der Waals surface area contributed by atoms with Gasteiger partial charge in [-0.3, -0.25) is 0 Å². The minimum atomic E-state index is 0.676. The Kier molecular flexibility index (Phi) is 5.25. The summed E-state index contributed by atoms with van der Waals surface area (Å²) in [7, 11) is 0. The van der Waals surface area contributed by atoms with Gasteiger partial charge in [0.2, 0.25) is 0 Å². The van der Waals surface area contributed by atoms with Crippen LogP contribution in [0, 0.1) is 0 Å². The van der Waals surface area contributed by atoms with Crippen molar-refractivity contribution in [3.8, 4) is 0 Å². The third-order valence-electron chi connectivity index (χ3n) is 4.16. The Morgan fingerprint density at radius 3 is 2.83 bits per heavy atom. The van der Waals surface area contributed by atoms with Crippen LogP contribution in [0.2, 0.25) is 0 Å². The highest BCUT2D eigenvalue weighted by molar-refractivity contribution is 5.40. The Labute approximate surface area is 112 Å². The molecule has 18 heavy (non-hydrogen) atoms. The highest BCUT2D eigenvalue weighted by Gasteiger charge is 2.24. The van der Waals surface area contributed by atoms with E-state index in [1.807, 2.05) is 0 Å². The quantitative estimate of drug-likeness (QED) is 0.674. The molecule has 0 fully saturated rings. The second kappa shape index (κ2) is 6.94. The highest BCUT2D eigenvalue weighted by Crippen LogP contribution is 2.34. The van der Waals surface area contributed by atoms with E-state index >= 15 is 0 Å². The van der Waals surface area contributed by atoms with Gasteiger partial charge in [-0.05, 0) is 30.9 Å². The maximum atomic E-state index is 3.70. The number of fused-ring (bicyclic) bond motifs is 1. The lowest BCUT2D eigenvalue weighted by atomic mass is 9.77. The topological polar surface area (TPSA) is 12.0 Å². The molecule has 2 rings (SSSR count). The second-order valence-electron chi connectivity index (χ2n) is 5.76. The lowest BCUT2D eigenvalue weighted by Gasteiger charge is -2.31. The lowest BCUT2D eigenvalue weighted by Crippen LogP contribution is -2.34. The largest absolute Gasteiger partial charge is 0.314 e. The maximum absolute atomic E-state index is 3.70. The number of hydrogen-bond acceptors (Lipinski definition) is 1. The molecule has 1 N–H and O–H groups in total. The molecule has 0 radical (unpaired) electrons. The lowest BCUT2D eigenvalue weighted by molar-refractivity contribution is 0.445. The summed E-state index contributed by atoms with van der Waals surface area (Å²) in [5, 5.41) is 3.70. The summed E-state index contributed by atoms with van der Waals surface area (Å²) in [6, 6.07) is 9.55. The van der Waals surface area contributed by atoms with E-state index in [0.29, 0.717) is 6.04 Å². The molecule has 2 unspecified atom stereocenters. The average molecular weight is 245 g/mol. The predicted octanol–water partition coefficient (Wildman–Crippen LogP) is 4.27. The molecular weight excluding hydrogens is 218 g/mol. The van der Waals surface area contributed by atoms with Gasteiger partial charge in [0, 0.05) is 18.5 Å². The number of hydrogen-bond donors (Lipinski definition) is 1. The van der Waals surface area contributed by atoms with Crippen molar-refractivity contribution >= 4 is 0 Å². The summed E-state index contributed by atoms with van der Waals surface area (Å²) in [6.07, 6.45) is 8.10. The summed E-state index contributed by atoms with van der Waals surface area (Å²) in [6.45, 7) is 5.76. The first-order valence-electron chi connectivity index (χ1n) is 7.62. The van der Waals surface area contributed by atoms with Crippen LogP contribution >= 0.6 is 0 Å². The Balaban J connectivity index is 1.61. The summed E-state index contributed by atoms with van der Waals surface area (Å²) in [5.74, 6) is 0.763. The van der Waals surface area contributed by atoms with Crippen LogP contribution in [0.15, 0.2) is 24.3 Å². The van der Waals surface area contributed by atoms with Crippen molar-refractivity contribution in [2.75, 3.05) is 6.54 Å². The molecule has 2 atom stereocenters. The molecule has 1 heteroatoms. The maximum Gasteiger partial charge on any atom is 0.00389 e. The molecule has 0 saturated carbocycles. The van der Waals surface area contributed by atoms with E-state index in [4.69, 9.17) is 0 Å². The molecule has 0 spiro atoms. The predicted molar refractivity (Wildman–Crippen MR) is 79.1 cm³/mol. The van der Waals surface area contributed by atoms with Gasteiger partial charge in [0.1, 0.15) is 0 Å². The second-order valence-corrected chi connectivity index (χ2v) is 5.76. The Hall–Kier alpha value is -0.820. The minimum absolute atomic E-state index is 0.676. The fourth-order valence-corrected chi connectivity index (χ4v) is 2.87. The van der Waals surface area contributed by atoms with E-state index in [1.54, 1.807) is 11.1 Å². The van der Waals surface area contributed by atoms with Crippen LogP contribution in [0.25, 0.3) is 0 Å². The van der Waals surface area contributed by atoms with Crippen LogP contribution in [0.5, 0.6) is 0 Å². The SMILES string of the molecule is CCCCCCC(C)NCC1Cc2ccccc21. The van der Waals surface area contributed by atoms with Crippen molar-refractivity contribution in [3.63, 3.8) is 0 Å². The molecule has 0 amide bonds. The molecular formula is C17H27N. The van der Waals surface area contributed by atoms with Gasteiger partial charge in [0.15, 0.2) is 0 Å². The van der Waals surface area contributed by atoms with Gasteiger partial charge in [-0.1, -0.05) is 56.9 Å². The first kappa shape index (κ1) is 13.6.